The lowest BCUT2D eigenvalue weighted by molar-refractivity contribution is -0.105. The van der Waals surface area contributed by atoms with Crippen LogP contribution in [0.3, 0.4) is 0 Å². The number of ether oxygens (including phenoxy) is 1. The number of hydrogen-bond donors (Lipinski definition) is 1. The van der Waals surface area contributed by atoms with Crippen molar-refractivity contribution in [1.29, 1.82) is 0 Å². The molecule has 1 spiro atoms. The molecule has 0 saturated carbocycles. The first-order valence-electron chi connectivity index (χ1n) is 6.90. The van der Waals surface area contributed by atoms with Gasteiger partial charge < -0.3 is 14.9 Å². The van der Waals surface area contributed by atoms with Crippen LogP contribution in [-0.2, 0) is 4.74 Å². The van der Waals surface area contributed by atoms with E-state index in [4.69, 9.17) is 26.5 Å². The Kier molecular flexibility index (Phi) is 4.13. The summed E-state index contributed by atoms with van der Waals surface area (Å²) >= 11 is 8.07. The van der Waals surface area contributed by atoms with Crippen LogP contribution >= 0.6 is 23.4 Å². The summed E-state index contributed by atoms with van der Waals surface area (Å²) in [7, 11) is 0. The topological polar surface area (TPSA) is 48.4 Å². The average molecular weight is 302 g/mol. The van der Waals surface area contributed by atoms with Gasteiger partial charge in [0.15, 0.2) is 5.22 Å². The van der Waals surface area contributed by atoms with Crippen molar-refractivity contribution in [2.45, 2.75) is 37.3 Å². The van der Waals surface area contributed by atoms with E-state index in [0.29, 0.717) is 11.1 Å². The fourth-order valence-corrected chi connectivity index (χ4v) is 4.74. The van der Waals surface area contributed by atoms with Gasteiger partial charge in [0.25, 0.3) is 0 Å². The first-order valence-corrected chi connectivity index (χ1v) is 8.44. The number of nitrogens with two attached hydrogens (primary N) is 1. The SMILES string of the molecule is NC(c1ccoc1Cl)C1CCOC2(CCSCC2)C1. The van der Waals surface area contributed by atoms with E-state index in [1.54, 1.807) is 6.26 Å². The fraction of sp³-hybridized carbons (Fsp3) is 0.714. The Morgan fingerprint density at radius 2 is 2.21 bits per heavy atom. The summed E-state index contributed by atoms with van der Waals surface area (Å²) in [4.78, 5) is 0. The molecule has 2 N–H and O–H groups in total. The van der Waals surface area contributed by atoms with Gasteiger partial charge in [0.05, 0.1) is 11.9 Å². The minimum absolute atomic E-state index is 0.0402. The zero-order valence-electron chi connectivity index (χ0n) is 10.9. The highest BCUT2D eigenvalue weighted by atomic mass is 35.5. The van der Waals surface area contributed by atoms with E-state index in [9.17, 15) is 0 Å². The van der Waals surface area contributed by atoms with Gasteiger partial charge in [0.1, 0.15) is 0 Å². The van der Waals surface area contributed by atoms with Crippen molar-refractivity contribution in [3.63, 3.8) is 0 Å². The quantitative estimate of drug-likeness (QED) is 0.906. The van der Waals surface area contributed by atoms with Crippen molar-refractivity contribution in [2.24, 2.45) is 11.7 Å². The molecule has 5 heteroatoms. The maximum absolute atomic E-state index is 6.40. The maximum Gasteiger partial charge on any atom is 0.197 e. The Hall–Kier alpha value is -0.160. The maximum atomic E-state index is 6.40. The third-order valence-corrected chi connectivity index (χ3v) is 5.74. The summed E-state index contributed by atoms with van der Waals surface area (Å²) in [5.74, 6) is 2.84. The van der Waals surface area contributed by atoms with E-state index in [1.807, 2.05) is 17.8 Å². The largest absolute Gasteiger partial charge is 0.453 e. The van der Waals surface area contributed by atoms with Gasteiger partial charge in [0, 0.05) is 18.2 Å². The van der Waals surface area contributed by atoms with Gasteiger partial charge in [-0.3, -0.25) is 0 Å². The first kappa shape index (κ1) is 13.8. The molecular formula is C14H20ClNO2S. The van der Waals surface area contributed by atoms with Gasteiger partial charge in [-0.1, -0.05) is 0 Å². The van der Waals surface area contributed by atoms with Crippen LogP contribution in [0.1, 0.15) is 37.3 Å². The van der Waals surface area contributed by atoms with Crippen molar-refractivity contribution in [3.8, 4) is 0 Å². The van der Waals surface area contributed by atoms with Crippen LogP contribution in [-0.4, -0.2) is 23.7 Å². The summed E-state index contributed by atoms with van der Waals surface area (Å²) < 4.78 is 11.3. The van der Waals surface area contributed by atoms with Crippen LogP contribution in [0.5, 0.6) is 0 Å². The van der Waals surface area contributed by atoms with Crippen molar-refractivity contribution in [3.05, 3.63) is 23.1 Å². The minimum Gasteiger partial charge on any atom is -0.453 e. The molecule has 2 aliphatic rings. The number of halogens is 1. The van der Waals surface area contributed by atoms with Gasteiger partial charge in [-0.15, -0.1) is 0 Å². The lowest BCUT2D eigenvalue weighted by Gasteiger charge is -2.44. The average Bonchev–Trinajstić information content (AvgIpc) is 2.85. The standard InChI is InChI=1S/C14H20ClNO2S/c15-13-11(2-5-17-13)12(16)10-1-6-18-14(9-10)3-7-19-8-4-14/h2,5,10,12H,1,3-4,6-9,16H2. The highest BCUT2D eigenvalue weighted by molar-refractivity contribution is 7.99. The molecule has 0 radical (unpaired) electrons. The molecule has 1 aromatic heterocycles. The summed E-state index contributed by atoms with van der Waals surface area (Å²) in [5.41, 5.74) is 7.41. The molecular weight excluding hydrogens is 282 g/mol. The van der Waals surface area contributed by atoms with E-state index < -0.39 is 0 Å². The molecule has 0 aromatic carbocycles. The number of rotatable bonds is 2. The van der Waals surface area contributed by atoms with E-state index in [-0.39, 0.29) is 11.6 Å². The van der Waals surface area contributed by atoms with Crippen molar-refractivity contribution < 1.29 is 9.15 Å². The second kappa shape index (κ2) is 5.68. The molecule has 2 unspecified atom stereocenters. The predicted octanol–water partition coefficient (Wildman–Crippen LogP) is 3.63. The molecule has 2 saturated heterocycles. The zero-order valence-corrected chi connectivity index (χ0v) is 12.5. The second-order valence-corrected chi connectivity index (χ2v) is 7.14. The molecule has 3 nitrogen and oxygen atoms in total. The molecule has 3 rings (SSSR count). The highest BCUT2D eigenvalue weighted by Gasteiger charge is 2.41. The van der Waals surface area contributed by atoms with Crippen molar-refractivity contribution in [1.82, 2.24) is 0 Å². The van der Waals surface area contributed by atoms with Crippen LogP contribution in [0.4, 0.5) is 0 Å². The van der Waals surface area contributed by atoms with Gasteiger partial charge in [-0.2, -0.15) is 11.8 Å². The Bertz CT molecular complexity index is 425. The molecule has 3 heterocycles. The number of hydrogen-bond acceptors (Lipinski definition) is 4. The van der Waals surface area contributed by atoms with E-state index >= 15 is 0 Å². The van der Waals surface area contributed by atoms with Crippen LogP contribution < -0.4 is 5.73 Å². The summed E-state index contributed by atoms with van der Waals surface area (Å²) in [6.07, 6.45) is 5.98. The Balaban J connectivity index is 1.72. The predicted molar refractivity (Wildman–Crippen MR) is 78.6 cm³/mol. The van der Waals surface area contributed by atoms with E-state index in [1.165, 1.54) is 11.5 Å². The molecule has 0 bridgehead atoms. The lowest BCUT2D eigenvalue weighted by atomic mass is 9.77. The third-order valence-electron chi connectivity index (χ3n) is 4.45. The van der Waals surface area contributed by atoms with Gasteiger partial charge in [-0.05, 0) is 60.8 Å². The van der Waals surface area contributed by atoms with Crippen LogP contribution in [0, 0.1) is 5.92 Å². The smallest absolute Gasteiger partial charge is 0.197 e. The second-order valence-electron chi connectivity index (χ2n) is 5.57. The Morgan fingerprint density at radius 1 is 1.42 bits per heavy atom. The van der Waals surface area contributed by atoms with Crippen LogP contribution in [0.2, 0.25) is 5.22 Å². The third kappa shape index (κ3) is 2.82. The minimum atomic E-state index is -0.0402. The first-order chi connectivity index (χ1) is 9.20. The Morgan fingerprint density at radius 3 is 2.89 bits per heavy atom. The Labute approximate surface area is 123 Å². The van der Waals surface area contributed by atoms with Gasteiger partial charge in [0.2, 0.25) is 0 Å². The van der Waals surface area contributed by atoms with Gasteiger partial charge >= 0.3 is 0 Å². The molecule has 2 atom stereocenters. The molecule has 2 aliphatic heterocycles. The summed E-state index contributed by atoms with van der Waals surface area (Å²) in [6, 6.07) is 1.85. The van der Waals surface area contributed by atoms with Crippen molar-refractivity contribution >= 4 is 23.4 Å². The monoisotopic (exact) mass is 301 g/mol. The molecule has 2 fully saturated rings. The zero-order chi connectivity index (χ0) is 13.3. The lowest BCUT2D eigenvalue weighted by Crippen LogP contribution is -2.45. The fourth-order valence-electron chi connectivity index (χ4n) is 3.26. The van der Waals surface area contributed by atoms with E-state index in [2.05, 4.69) is 0 Å². The number of thioether (sulfide) groups is 1. The van der Waals surface area contributed by atoms with Crippen LogP contribution in [0.25, 0.3) is 0 Å². The normalized spacial score (nSPS) is 28.4. The van der Waals surface area contributed by atoms with Crippen LogP contribution in [0.15, 0.2) is 16.7 Å². The van der Waals surface area contributed by atoms with E-state index in [0.717, 1.165) is 37.9 Å². The molecule has 1 aromatic rings. The number of furan rings is 1. The molecule has 106 valence electrons. The summed E-state index contributed by atoms with van der Waals surface area (Å²) in [5, 5.41) is 0.437. The van der Waals surface area contributed by atoms with Crippen molar-refractivity contribution in [2.75, 3.05) is 18.1 Å². The molecule has 0 amide bonds. The van der Waals surface area contributed by atoms with Gasteiger partial charge in [-0.25, -0.2) is 0 Å². The molecule has 0 aliphatic carbocycles. The molecule has 19 heavy (non-hydrogen) atoms. The highest BCUT2D eigenvalue weighted by Crippen LogP contribution is 2.43. The summed E-state index contributed by atoms with van der Waals surface area (Å²) in [6.45, 7) is 0.818.